The van der Waals surface area contributed by atoms with Gasteiger partial charge in [-0.3, -0.25) is 23.9 Å². The van der Waals surface area contributed by atoms with Crippen molar-refractivity contribution in [1.29, 1.82) is 5.41 Å². The minimum atomic E-state index is -4.84. The first kappa shape index (κ1) is 21.3. The summed E-state index contributed by atoms with van der Waals surface area (Å²) in [6.45, 7) is 0.123. The van der Waals surface area contributed by atoms with Gasteiger partial charge in [0.2, 0.25) is 5.91 Å². The molecule has 0 aromatic carbocycles. The number of carbonyl (C=O) groups is 2. The number of hydrogen-bond donors (Lipinski definition) is 5. The Balaban J connectivity index is 1.54. The van der Waals surface area contributed by atoms with E-state index < -0.39 is 39.1 Å². The Morgan fingerprint density at radius 1 is 1.25 bits per heavy atom. The molecule has 0 radical (unpaired) electrons. The number of amidine groups is 1. The predicted octanol–water partition coefficient (Wildman–Crippen LogP) is 0.634. The summed E-state index contributed by atoms with van der Waals surface area (Å²) in [5.74, 6) is 0.0191. The first-order valence-corrected chi connectivity index (χ1v) is 12.1. The van der Waals surface area contributed by atoms with Gasteiger partial charge >= 0.3 is 16.4 Å². The molecule has 0 aromatic heterocycles. The number of fused-ring (bicyclic) bond motifs is 2. The molecule has 3 saturated heterocycles. The van der Waals surface area contributed by atoms with Crippen LogP contribution >= 0.6 is 10.6 Å². The van der Waals surface area contributed by atoms with Gasteiger partial charge in [-0.25, -0.2) is 4.79 Å². The van der Waals surface area contributed by atoms with E-state index >= 15 is 0 Å². The Labute approximate surface area is 164 Å². The maximum absolute atomic E-state index is 12.3. The van der Waals surface area contributed by atoms with Gasteiger partial charge < -0.3 is 10.2 Å². The Bertz CT molecular complexity index is 763. The Kier molecular flexibility index (Phi) is 5.89. The van der Waals surface area contributed by atoms with E-state index in [2.05, 4.69) is 9.60 Å². The molecule has 2 atom stereocenters. The van der Waals surface area contributed by atoms with Crippen LogP contribution in [-0.4, -0.2) is 79.9 Å². The number of rotatable bonds is 5. The highest BCUT2D eigenvalue weighted by Crippen LogP contribution is 2.46. The topological polar surface area (TPSA) is 181 Å². The van der Waals surface area contributed by atoms with E-state index in [4.69, 9.17) is 9.96 Å². The van der Waals surface area contributed by atoms with Crippen LogP contribution in [0.2, 0.25) is 0 Å². The Hall–Kier alpha value is -1.45. The third-order valence-corrected chi connectivity index (χ3v) is 7.41. The first-order chi connectivity index (χ1) is 13.0. The van der Waals surface area contributed by atoms with Crippen LogP contribution in [0.25, 0.3) is 0 Å². The summed E-state index contributed by atoms with van der Waals surface area (Å²) >= 11 is 0. The first-order valence-electron chi connectivity index (χ1n) is 8.84. The lowest BCUT2D eigenvalue weighted by atomic mass is 9.97. The average molecular weight is 441 g/mol. The van der Waals surface area contributed by atoms with E-state index in [1.165, 1.54) is 4.90 Å². The minimum Gasteiger partial charge on any atom is -0.313 e. The van der Waals surface area contributed by atoms with Crippen LogP contribution < -0.4 is 5.32 Å². The lowest BCUT2D eigenvalue weighted by Crippen LogP contribution is -2.51. The van der Waals surface area contributed by atoms with Crippen LogP contribution in [0.4, 0.5) is 4.79 Å². The average Bonchev–Trinajstić information content (AvgIpc) is 2.80. The summed E-state index contributed by atoms with van der Waals surface area (Å²) in [6, 6.07) is -2.07. The molecule has 3 fully saturated rings. The molecule has 3 aliphatic heterocycles. The predicted molar refractivity (Wildman–Crippen MR) is 99.2 cm³/mol. The highest BCUT2D eigenvalue weighted by atomic mass is 32.3. The molecule has 2 unspecified atom stereocenters. The van der Waals surface area contributed by atoms with Gasteiger partial charge in [0.05, 0.1) is 12.1 Å². The van der Waals surface area contributed by atoms with Crippen molar-refractivity contribution in [1.82, 2.24) is 15.3 Å². The van der Waals surface area contributed by atoms with Crippen molar-refractivity contribution in [3.05, 3.63) is 0 Å². The van der Waals surface area contributed by atoms with Crippen molar-refractivity contribution >= 4 is 38.8 Å². The highest BCUT2D eigenvalue weighted by Gasteiger charge is 2.48. The largest absolute Gasteiger partial charge is 0.418 e. The fourth-order valence-electron chi connectivity index (χ4n) is 3.84. The van der Waals surface area contributed by atoms with Gasteiger partial charge in [-0.1, -0.05) is 0 Å². The molecule has 3 rings (SSSR count). The zero-order valence-electron chi connectivity index (χ0n) is 15.0. The zero-order valence-corrected chi connectivity index (χ0v) is 16.6. The van der Waals surface area contributed by atoms with E-state index in [1.54, 1.807) is 0 Å². The van der Waals surface area contributed by atoms with E-state index in [1.807, 2.05) is 0 Å². The lowest BCUT2D eigenvalue weighted by Gasteiger charge is -2.39. The summed E-state index contributed by atoms with van der Waals surface area (Å²) in [5, 5.41) is 11.2. The molecular formula is C14H24N4O8S2. The standard InChI is InChI=1S/C14H24N4O8S2/c15-13(16-12(19)7-9-3-5-27(21,22)6-4-9)11-2-1-10-8-17(11)14(20)18(10)26-28(23,24)25/h9-11,21-22H,1-8H2,(H2,15,16,19)(H,23,24,25). The summed E-state index contributed by atoms with van der Waals surface area (Å²) in [4.78, 5) is 25.8. The minimum absolute atomic E-state index is 0.00975. The fraction of sp³-hybridized carbons (Fsp3) is 0.786. The van der Waals surface area contributed by atoms with Gasteiger partial charge in [0.15, 0.2) is 0 Å². The number of nitrogens with one attached hydrogen (secondary N) is 2. The second-order valence-corrected chi connectivity index (χ2v) is 10.8. The molecule has 160 valence electrons. The van der Waals surface area contributed by atoms with E-state index in [0.29, 0.717) is 30.7 Å². The fourth-order valence-corrected chi connectivity index (χ4v) is 5.85. The molecular weight excluding hydrogens is 416 g/mol. The normalized spacial score (nSPS) is 28.9. The summed E-state index contributed by atoms with van der Waals surface area (Å²) < 4.78 is 54.2. The summed E-state index contributed by atoms with van der Waals surface area (Å²) in [5.41, 5.74) is 0. The Morgan fingerprint density at radius 3 is 2.50 bits per heavy atom. The molecule has 3 heterocycles. The molecule has 3 aliphatic rings. The summed E-state index contributed by atoms with van der Waals surface area (Å²) in [7, 11) is -7.36. The van der Waals surface area contributed by atoms with Crippen LogP contribution in [0.15, 0.2) is 0 Å². The van der Waals surface area contributed by atoms with Crippen LogP contribution in [-0.2, 0) is 19.5 Å². The second-order valence-electron chi connectivity index (χ2n) is 7.33. The number of nitrogens with zero attached hydrogens (tertiary/aromatic N) is 2. The number of hydrogen-bond acceptors (Lipinski definition) is 8. The SMILES string of the molecule is N=C(NC(=O)CC1CCS(O)(O)CC1)C1CCC2CN1C(=O)N2OS(=O)(=O)O. The molecule has 0 aliphatic carbocycles. The molecule has 0 aromatic rings. The number of urea groups is 1. The second kappa shape index (κ2) is 7.76. The van der Waals surface area contributed by atoms with Crippen molar-refractivity contribution in [2.75, 3.05) is 18.1 Å². The monoisotopic (exact) mass is 440 g/mol. The maximum Gasteiger partial charge on any atom is 0.418 e. The van der Waals surface area contributed by atoms with Crippen LogP contribution in [0.5, 0.6) is 0 Å². The number of carbonyl (C=O) groups excluding carboxylic acids is 2. The van der Waals surface area contributed by atoms with Crippen molar-refractivity contribution < 1.29 is 35.9 Å². The highest BCUT2D eigenvalue weighted by molar-refractivity contribution is 8.24. The third kappa shape index (κ3) is 4.93. The van der Waals surface area contributed by atoms with Crippen molar-refractivity contribution in [3.63, 3.8) is 0 Å². The molecule has 5 N–H and O–H groups in total. The molecule has 0 saturated carbocycles. The van der Waals surface area contributed by atoms with E-state index in [9.17, 15) is 27.1 Å². The van der Waals surface area contributed by atoms with Gasteiger partial charge in [-0.2, -0.15) is 24.1 Å². The number of amides is 3. The van der Waals surface area contributed by atoms with Crippen molar-refractivity contribution in [2.45, 2.75) is 44.2 Å². The maximum atomic E-state index is 12.3. The Morgan fingerprint density at radius 2 is 1.89 bits per heavy atom. The lowest BCUT2D eigenvalue weighted by molar-refractivity contribution is -0.120. The van der Waals surface area contributed by atoms with E-state index in [0.717, 1.165) is 0 Å². The third-order valence-electron chi connectivity index (χ3n) is 5.28. The molecule has 28 heavy (non-hydrogen) atoms. The quantitative estimate of drug-likeness (QED) is 0.234. The smallest absolute Gasteiger partial charge is 0.313 e. The van der Waals surface area contributed by atoms with Crippen LogP contribution in [0.1, 0.15) is 32.1 Å². The van der Waals surface area contributed by atoms with Crippen molar-refractivity contribution in [3.8, 4) is 0 Å². The number of piperidine rings is 1. The summed E-state index contributed by atoms with van der Waals surface area (Å²) in [6.07, 6.45) is 1.90. The van der Waals surface area contributed by atoms with Gasteiger partial charge in [0.25, 0.3) is 0 Å². The number of hydroxylamine groups is 2. The molecule has 14 heteroatoms. The van der Waals surface area contributed by atoms with Crippen LogP contribution in [0, 0.1) is 11.3 Å². The molecule has 0 spiro atoms. The molecule has 3 amide bonds. The molecule has 12 nitrogen and oxygen atoms in total. The zero-order chi connectivity index (χ0) is 20.7. The van der Waals surface area contributed by atoms with Crippen molar-refractivity contribution in [2.24, 2.45) is 5.92 Å². The van der Waals surface area contributed by atoms with Gasteiger partial charge in [-0.05, 0) is 31.6 Å². The van der Waals surface area contributed by atoms with Gasteiger partial charge in [0, 0.05) is 24.5 Å². The van der Waals surface area contributed by atoms with Crippen LogP contribution in [0.3, 0.4) is 0 Å². The van der Waals surface area contributed by atoms with Gasteiger partial charge in [-0.15, -0.1) is 4.28 Å². The molecule has 2 bridgehead atoms. The van der Waals surface area contributed by atoms with Gasteiger partial charge in [0.1, 0.15) is 5.84 Å². The van der Waals surface area contributed by atoms with E-state index in [-0.39, 0.29) is 42.1 Å².